The lowest BCUT2D eigenvalue weighted by Crippen LogP contribution is -2.04. The van der Waals surface area contributed by atoms with E-state index in [1.807, 2.05) is 6.92 Å². The highest BCUT2D eigenvalue weighted by Gasteiger charge is 2.02. The Morgan fingerprint density at radius 1 is 1.21 bits per heavy atom. The monoisotopic (exact) mass is 192 g/mol. The fraction of sp³-hybridized carbons (Fsp3) is 0.538. The average Bonchev–Trinajstić information content (AvgIpc) is 2.20. The van der Waals surface area contributed by atoms with Gasteiger partial charge in [0.1, 0.15) is 0 Å². The zero-order chi connectivity index (χ0) is 10.2. The molecule has 1 rings (SSSR count). The minimum absolute atomic E-state index is 0.712. The highest BCUT2D eigenvalue weighted by molar-refractivity contribution is 5.14. The first-order chi connectivity index (χ1) is 6.83. The zero-order valence-electron chi connectivity index (χ0n) is 9.20. The van der Waals surface area contributed by atoms with Crippen molar-refractivity contribution in [3.63, 3.8) is 0 Å². The van der Waals surface area contributed by atoms with Crippen molar-refractivity contribution in [2.24, 2.45) is 5.92 Å². The van der Waals surface area contributed by atoms with Crippen LogP contribution in [0.4, 0.5) is 0 Å². The Hall–Kier alpha value is -0.820. The molecule has 0 saturated heterocycles. The molecule has 78 valence electrons. The summed E-state index contributed by atoms with van der Waals surface area (Å²) in [5.74, 6) is 0.712. The quantitative estimate of drug-likeness (QED) is 0.628. The van der Waals surface area contributed by atoms with Gasteiger partial charge in [0, 0.05) is 13.2 Å². The lowest BCUT2D eigenvalue weighted by molar-refractivity contribution is 0.134. The van der Waals surface area contributed by atoms with Crippen molar-refractivity contribution >= 4 is 0 Å². The van der Waals surface area contributed by atoms with Gasteiger partial charge in [0.25, 0.3) is 0 Å². The van der Waals surface area contributed by atoms with Gasteiger partial charge in [0.05, 0.1) is 0 Å². The summed E-state index contributed by atoms with van der Waals surface area (Å²) in [5.41, 5.74) is 1.43. The second-order valence-electron chi connectivity index (χ2n) is 3.78. The maximum atomic E-state index is 5.34. The second-order valence-corrected chi connectivity index (χ2v) is 3.78. The third kappa shape index (κ3) is 4.43. The van der Waals surface area contributed by atoms with Crippen molar-refractivity contribution in [3.05, 3.63) is 35.9 Å². The van der Waals surface area contributed by atoms with E-state index in [2.05, 4.69) is 37.3 Å². The highest BCUT2D eigenvalue weighted by atomic mass is 16.5. The predicted octanol–water partition coefficient (Wildman–Crippen LogP) is 3.29. The molecule has 0 unspecified atom stereocenters. The van der Waals surface area contributed by atoms with Gasteiger partial charge in [0.15, 0.2) is 0 Å². The van der Waals surface area contributed by atoms with Crippen molar-refractivity contribution < 1.29 is 4.74 Å². The van der Waals surface area contributed by atoms with Gasteiger partial charge in [-0.3, -0.25) is 0 Å². The molecule has 0 aliphatic heterocycles. The Morgan fingerprint density at radius 3 is 2.57 bits per heavy atom. The van der Waals surface area contributed by atoms with Crippen LogP contribution >= 0.6 is 0 Å². The van der Waals surface area contributed by atoms with Crippen molar-refractivity contribution in [3.8, 4) is 0 Å². The zero-order valence-corrected chi connectivity index (χ0v) is 9.20. The van der Waals surface area contributed by atoms with Crippen LogP contribution in [0.3, 0.4) is 0 Å². The summed E-state index contributed by atoms with van der Waals surface area (Å²) < 4.78 is 5.34. The summed E-state index contributed by atoms with van der Waals surface area (Å²) in [6, 6.07) is 10.7. The average molecular weight is 192 g/mol. The van der Waals surface area contributed by atoms with Crippen molar-refractivity contribution in [1.29, 1.82) is 0 Å². The molecule has 0 N–H and O–H groups in total. The first-order valence-electron chi connectivity index (χ1n) is 5.44. The molecule has 0 fully saturated rings. The summed E-state index contributed by atoms with van der Waals surface area (Å²) in [7, 11) is 0. The Labute approximate surface area is 87.1 Å². The van der Waals surface area contributed by atoms with Crippen molar-refractivity contribution in [2.75, 3.05) is 13.2 Å². The van der Waals surface area contributed by atoms with Gasteiger partial charge in [-0.15, -0.1) is 0 Å². The van der Waals surface area contributed by atoms with Crippen LogP contribution in [0.2, 0.25) is 0 Å². The lowest BCUT2D eigenvalue weighted by atomic mass is 9.99. The van der Waals surface area contributed by atoms with Gasteiger partial charge in [-0.05, 0) is 31.2 Å². The molecule has 0 aliphatic rings. The summed E-state index contributed by atoms with van der Waals surface area (Å²) in [6.07, 6.45) is 2.32. The van der Waals surface area contributed by atoms with Crippen molar-refractivity contribution in [1.82, 2.24) is 0 Å². The highest BCUT2D eigenvalue weighted by Crippen LogP contribution is 2.11. The Kier molecular flexibility index (Phi) is 5.31. The normalized spacial score (nSPS) is 12.7. The molecular formula is C13H20O. The lowest BCUT2D eigenvalue weighted by Gasteiger charge is -2.10. The van der Waals surface area contributed by atoms with E-state index in [-0.39, 0.29) is 0 Å². The molecule has 0 radical (unpaired) electrons. The molecule has 1 nitrogen and oxygen atoms in total. The van der Waals surface area contributed by atoms with E-state index in [9.17, 15) is 0 Å². The molecule has 0 aliphatic carbocycles. The maximum Gasteiger partial charge on any atom is 0.0468 e. The number of benzene rings is 1. The van der Waals surface area contributed by atoms with E-state index in [0.29, 0.717) is 5.92 Å². The molecule has 0 amide bonds. The molecule has 0 aromatic heterocycles. The van der Waals surface area contributed by atoms with Gasteiger partial charge in [-0.2, -0.15) is 0 Å². The summed E-state index contributed by atoms with van der Waals surface area (Å²) in [6.45, 7) is 6.05. The van der Waals surface area contributed by atoms with Gasteiger partial charge < -0.3 is 4.74 Å². The molecule has 0 spiro atoms. The van der Waals surface area contributed by atoms with Crippen LogP contribution in [-0.4, -0.2) is 13.2 Å². The topological polar surface area (TPSA) is 9.23 Å². The molecule has 1 aromatic carbocycles. The first-order valence-corrected chi connectivity index (χ1v) is 5.44. The molecule has 0 saturated carbocycles. The standard InChI is InChI=1S/C13H20O/c1-3-14-10-9-12(2)11-13-7-5-4-6-8-13/h4-8,12H,3,9-11H2,1-2H3/t12-/m0/s1. The van der Waals surface area contributed by atoms with E-state index in [0.717, 1.165) is 26.1 Å². The fourth-order valence-corrected chi connectivity index (χ4v) is 1.55. The van der Waals surface area contributed by atoms with Gasteiger partial charge >= 0.3 is 0 Å². The molecule has 1 atom stereocenters. The minimum Gasteiger partial charge on any atom is -0.382 e. The van der Waals surface area contributed by atoms with Crippen LogP contribution in [0.1, 0.15) is 25.8 Å². The number of hydrogen-bond donors (Lipinski definition) is 0. The molecule has 14 heavy (non-hydrogen) atoms. The first kappa shape index (κ1) is 11.3. The molecule has 0 heterocycles. The Morgan fingerprint density at radius 2 is 1.93 bits per heavy atom. The van der Waals surface area contributed by atoms with Crippen LogP contribution in [-0.2, 0) is 11.2 Å². The summed E-state index contributed by atoms with van der Waals surface area (Å²) in [5, 5.41) is 0. The second kappa shape index (κ2) is 6.61. The smallest absolute Gasteiger partial charge is 0.0468 e. The van der Waals surface area contributed by atoms with E-state index in [1.54, 1.807) is 0 Å². The SMILES string of the molecule is CCOCC[C@H](C)Cc1ccccc1. The van der Waals surface area contributed by atoms with E-state index in [4.69, 9.17) is 4.74 Å². The van der Waals surface area contributed by atoms with Crippen LogP contribution in [0.15, 0.2) is 30.3 Å². The third-order valence-corrected chi connectivity index (χ3v) is 2.39. The molecule has 1 heteroatoms. The Bertz CT molecular complexity index is 230. The van der Waals surface area contributed by atoms with Gasteiger partial charge in [0.2, 0.25) is 0 Å². The number of ether oxygens (including phenoxy) is 1. The van der Waals surface area contributed by atoms with E-state index < -0.39 is 0 Å². The predicted molar refractivity (Wildman–Crippen MR) is 60.4 cm³/mol. The number of hydrogen-bond acceptors (Lipinski definition) is 1. The van der Waals surface area contributed by atoms with Crippen LogP contribution in [0.5, 0.6) is 0 Å². The molecular weight excluding hydrogens is 172 g/mol. The van der Waals surface area contributed by atoms with Gasteiger partial charge in [-0.1, -0.05) is 37.3 Å². The van der Waals surface area contributed by atoms with Crippen LogP contribution < -0.4 is 0 Å². The van der Waals surface area contributed by atoms with E-state index in [1.165, 1.54) is 5.56 Å². The molecule has 0 bridgehead atoms. The minimum atomic E-state index is 0.712. The Balaban J connectivity index is 2.23. The number of rotatable bonds is 6. The van der Waals surface area contributed by atoms with Crippen LogP contribution in [0.25, 0.3) is 0 Å². The molecule has 1 aromatic rings. The van der Waals surface area contributed by atoms with Gasteiger partial charge in [-0.25, -0.2) is 0 Å². The van der Waals surface area contributed by atoms with Crippen molar-refractivity contribution in [2.45, 2.75) is 26.7 Å². The van der Waals surface area contributed by atoms with E-state index >= 15 is 0 Å². The summed E-state index contributed by atoms with van der Waals surface area (Å²) >= 11 is 0. The summed E-state index contributed by atoms with van der Waals surface area (Å²) in [4.78, 5) is 0. The maximum absolute atomic E-state index is 5.34. The van der Waals surface area contributed by atoms with Crippen LogP contribution in [0, 0.1) is 5.92 Å². The largest absolute Gasteiger partial charge is 0.382 e. The fourth-order valence-electron chi connectivity index (χ4n) is 1.55. The third-order valence-electron chi connectivity index (χ3n) is 2.39.